The molecule has 0 saturated carbocycles. The topological polar surface area (TPSA) is 54.7 Å². The first kappa shape index (κ1) is 12.5. The third kappa shape index (κ3) is 2.18. The number of aromatic nitrogens is 2. The van der Waals surface area contributed by atoms with Crippen LogP contribution in [0.1, 0.15) is 11.1 Å². The first-order chi connectivity index (χ1) is 9.65. The summed E-state index contributed by atoms with van der Waals surface area (Å²) in [6.45, 7) is 4.15. The lowest BCUT2D eigenvalue weighted by Gasteiger charge is -2.06. The minimum absolute atomic E-state index is 0.533. The summed E-state index contributed by atoms with van der Waals surface area (Å²) < 4.78 is 0. The molecule has 100 valence electrons. The number of aromatic amines is 1. The van der Waals surface area contributed by atoms with Gasteiger partial charge < -0.3 is 5.73 Å². The number of anilines is 1. The molecule has 0 aliphatic heterocycles. The molecule has 3 aromatic rings. The van der Waals surface area contributed by atoms with Crippen molar-refractivity contribution in [2.75, 3.05) is 5.73 Å². The second kappa shape index (κ2) is 4.85. The van der Waals surface area contributed by atoms with Crippen LogP contribution in [0, 0.1) is 13.8 Å². The van der Waals surface area contributed by atoms with Gasteiger partial charge in [-0.25, -0.2) is 0 Å². The van der Waals surface area contributed by atoms with Crippen molar-refractivity contribution in [3.8, 4) is 22.4 Å². The molecule has 1 aromatic heterocycles. The molecule has 0 aliphatic rings. The highest BCUT2D eigenvalue weighted by Gasteiger charge is 2.14. The fourth-order valence-electron chi connectivity index (χ4n) is 2.38. The molecular formula is C17H17N3. The molecule has 0 aliphatic carbocycles. The molecule has 0 radical (unpaired) electrons. The minimum Gasteiger partial charge on any atom is -0.382 e. The van der Waals surface area contributed by atoms with Gasteiger partial charge in [-0.3, -0.25) is 5.10 Å². The highest BCUT2D eigenvalue weighted by Crippen LogP contribution is 2.34. The molecule has 20 heavy (non-hydrogen) atoms. The van der Waals surface area contributed by atoms with E-state index in [2.05, 4.69) is 66.5 Å². The van der Waals surface area contributed by atoms with Gasteiger partial charge in [-0.15, -0.1) is 0 Å². The van der Waals surface area contributed by atoms with Gasteiger partial charge in [0.25, 0.3) is 0 Å². The largest absolute Gasteiger partial charge is 0.382 e. The van der Waals surface area contributed by atoms with Crippen LogP contribution in [0.2, 0.25) is 0 Å². The Morgan fingerprint density at radius 2 is 1.65 bits per heavy atom. The number of hydrogen-bond acceptors (Lipinski definition) is 2. The van der Waals surface area contributed by atoms with Crippen LogP contribution in [-0.4, -0.2) is 10.2 Å². The molecule has 1 heterocycles. The van der Waals surface area contributed by atoms with Gasteiger partial charge in [0.2, 0.25) is 0 Å². The Hall–Kier alpha value is -2.55. The molecule has 0 bridgehead atoms. The maximum Gasteiger partial charge on any atom is 0.153 e. The van der Waals surface area contributed by atoms with Gasteiger partial charge in [0.15, 0.2) is 5.82 Å². The van der Waals surface area contributed by atoms with Gasteiger partial charge in [-0.05, 0) is 19.4 Å². The highest BCUT2D eigenvalue weighted by atomic mass is 15.2. The number of nitrogens with zero attached hydrogens (tertiary/aromatic N) is 1. The number of nitrogen functional groups attached to an aromatic ring is 1. The molecule has 3 rings (SSSR count). The van der Waals surface area contributed by atoms with E-state index in [0.717, 1.165) is 22.4 Å². The monoisotopic (exact) mass is 263 g/mol. The Morgan fingerprint density at radius 1 is 0.900 bits per heavy atom. The summed E-state index contributed by atoms with van der Waals surface area (Å²) in [5.41, 5.74) is 12.6. The number of nitrogens with one attached hydrogen (secondary N) is 1. The molecule has 3 heteroatoms. The fraction of sp³-hybridized carbons (Fsp3) is 0.118. The van der Waals surface area contributed by atoms with Gasteiger partial charge in [-0.1, -0.05) is 59.7 Å². The van der Waals surface area contributed by atoms with E-state index in [1.54, 1.807) is 0 Å². The average Bonchev–Trinajstić information content (AvgIpc) is 2.81. The zero-order valence-corrected chi connectivity index (χ0v) is 11.6. The molecule has 0 unspecified atom stereocenters. The van der Waals surface area contributed by atoms with Crippen LogP contribution < -0.4 is 5.73 Å². The molecule has 0 saturated heterocycles. The second-order valence-electron chi connectivity index (χ2n) is 5.09. The SMILES string of the molecule is Cc1ccc(-c2[nH]nc(N)c2-c2cccc(C)c2)cc1. The lowest BCUT2D eigenvalue weighted by molar-refractivity contribution is 1.10. The van der Waals surface area contributed by atoms with Crippen molar-refractivity contribution < 1.29 is 0 Å². The number of aryl methyl sites for hydroxylation is 2. The van der Waals surface area contributed by atoms with Gasteiger partial charge in [0.1, 0.15) is 0 Å². The third-order valence-corrected chi connectivity index (χ3v) is 3.44. The van der Waals surface area contributed by atoms with Gasteiger partial charge in [0, 0.05) is 5.56 Å². The van der Waals surface area contributed by atoms with Gasteiger partial charge in [-0.2, -0.15) is 5.10 Å². The van der Waals surface area contributed by atoms with Crippen LogP contribution in [0.4, 0.5) is 5.82 Å². The molecule has 0 amide bonds. The summed E-state index contributed by atoms with van der Waals surface area (Å²) in [7, 11) is 0. The Morgan fingerprint density at radius 3 is 2.35 bits per heavy atom. The number of H-pyrrole nitrogens is 1. The summed E-state index contributed by atoms with van der Waals surface area (Å²) in [5, 5.41) is 7.23. The average molecular weight is 263 g/mol. The summed E-state index contributed by atoms with van der Waals surface area (Å²) in [4.78, 5) is 0. The fourth-order valence-corrected chi connectivity index (χ4v) is 2.38. The Kier molecular flexibility index (Phi) is 3.03. The van der Waals surface area contributed by atoms with Crippen LogP contribution in [-0.2, 0) is 0 Å². The van der Waals surface area contributed by atoms with Crippen molar-refractivity contribution in [1.29, 1.82) is 0 Å². The predicted octanol–water partition coefficient (Wildman–Crippen LogP) is 3.94. The Balaban J connectivity index is 2.17. The lowest BCUT2D eigenvalue weighted by atomic mass is 9.99. The van der Waals surface area contributed by atoms with Gasteiger partial charge in [0.05, 0.1) is 11.3 Å². The van der Waals surface area contributed by atoms with E-state index in [4.69, 9.17) is 5.73 Å². The molecular weight excluding hydrogens is 246 g/mol. The zero-order chi connectivity index (χ0) is 14.1. The quantitative estimate of drug-likeness (QED) is 0.735. The molecule has 0 spiro atoms. The van der Waals surface area contributed by atoms with E-state index in [1.165, 1.54) is 11.1 Å². The van der Waals surface area contributed by atoms with E-state index in [-0.39, 0.29) is 0 Å². The summed E-state index contributed by atoms with van der Waals surface area (Å²) >= 11 is 0. The number of nitrogens with two attached hydrogens (primary N) is 1. The first-order valence-electron chi connectivity index (χ1n) is 6.63. The molecule has 2 aromatic carbocycles. The van der Waals surface area contributed by atoms with E-state index in [0.29, 0.717) is 5.82 Å². The van der Waals surface area contributed by atoms with Crippen LogP contribution in [0.3, 0.4) is 0 Å². The lowest BCUT2D eigenvalue weighted by Crippen LogP contribution is -1.89. The maximum absolute atomic E-state index is 6.05. The van der Waals surface area contributed by atoms with Crippen molar-refractivity contribution in [3.05, 3.63) is 59.7 Å². The Labute approximate surface area is 118 Å². The summed E-state index contributed by atoms with van der Waals surface area (Å²) in [5.74, 6) is 0.533. The van der Waals surface area contributed by atoms with Crippen LogP contribution in [0.25, 0.3) is 22.4 Å². The van der Waals surface area contributed by atoms with Crippen molar-refractivity contribution in [3.63, 3.8) is 0 Å². The zero-order valence-electron chi connectivity index (χ0n) is 11.6. The minimum atomic E-state index is 0.533. The maximum atomic E-state index is 6.05. The second-order valence-corrected chi connectivity index (χ2v) is 5.09. The van der Waals surface area contributed by atoms with E-state index in [1.807, 2.05) is 6.07 Å². The smallest absolute Gasteiger partial charge is 0.153 e. The summed E-state index contributed by atoms with van der Waals surface area (Å²) in [6.07, 6.45) is 0. The van der Waals surface area contributed by atoms with Crippen molar-refractivity contribution in [1.82, 2.24) is 10.2 Å². The number of benzene rings is 2. The van der Waals surface area contributed by atoms with Crippen molar-refractivity contribution in [2.24, 2.45) is 0 Å². The van der Waals surface area contributed by atoms with E-state index < -0.39 is 0 Å². The molecule has 0 fully saturated rings. The highest BCUT2D eigenvalue weighted by molar-refractivity contribution is 5.87. The summed E-state index contributed by atoms with van der Waals surface area (Å²) in [6, 6.07) is 16.6. The van der Waals surface area contributed by atoms with Crippen molar-refractivity contribution >= 4 is 5.82 Å². The third-order valence-electron chi connectivity index (χ3n) is 3.44. The molecule has 3 N–H and O–H groups in total. The first-order valence-corrected chi connectivity index (χ1v) is 6.63. The number of rotatable bonds is 2. The van der Waals surface area contributed by atoms with Crippen LogP contribution >= 0.6 is 0 Å². The Bertz CT molecular complexity index is 739. The number of hydrogen-bond donors (Lipinski definition) is 2. The van der Waals surface area contributed by atoms with E-state index >= 15 is 0 Å². The van der Waals surface area contributed by atoms with Crippen molar-refractivity contribution in [2.45, 2.75) is 13.8 Å². The van der Waals surface area contributed by atoms with Crippen LogP contribution in [0.5, 0.6) is 0 Å². The van der Waals surface area contributed by atoms with E-state index in [9.17, 15) is 0 Å². The predicted molar refractivity (Wildman–Crippen MR) is 83.3 cm³/mol. The molecule has 3 nitrogen and oxygen atoms in total. The normalized spacial score (nSPS) is 10.7. The van der Waals surface area contributed by atoms with Crippen LogP contribution in [0.15, 0.2) is 48.5 Å². The molecule has 0 atom stereocenters. The standard InChI is InChI=1S/C17H17N3/c1-11-6-8-13(9-7-11)16-15(17(18)20-19-16)14-5-3-4-12(2)10-14/h3-10H,1-2H3,(H3,18,19,20). The van der Waals surface area contributed by atoms with Gasteiger partial charge >= 0.3 is 0 Å².